The molecule has 0 N–H and O–H groups in total. The third-order valence-corrected chi connectivity index (χ3v) is 8.64. The van der Waals surface area contributed by atoms with Crippen molar-refractivity contribution in [2.75, 3.05) is 0 Å². The first-order chi connectivity index (χ1) is 21.3. The van der Waals surface area contributed by atoms with Crippen LogP contribution in [0.1, 0.15) is 0 Å². The molecule has 0 radical (unpaired) electrons. The van der Waals surface area contributed by atoms with Gasteiger partial charge in [-0.25, -0.2) is 0 Å². The normalized spacial score (nSPS) is 11.8. The number of aromatic nitrogens is 3. The predicted octanol–water partition coefficient (Wildman–Crippen LogP) is 9.16. The lowest BCUT2D eigenvalue weighted by Gasteiger charge is -2.13. The average molecular weight is 552 g/mol. The summed E-state index contributed by atoms with van der Waals surface area (Å²) in [6, 6.07) is 52.4. The zero-order valence-electron chi connectivity index (χ0n) is 23.2. The van der Waals surface area contributed by atoms with Crippen molar-refractivity contribution < 1.29 is 0 Å². The van der Waals surface area contributed by atoms with Crippen molar-refractivity contribution >= 4 is 49.3 Å². The molecule has 43 heavy (non-hydrogen) atoms. The largest absolute Gasteiger partial charge is 0.309 e. The van der Waals surface area contributed by atoms with E-state index in [1.807, 2.05) is 41.0 Å². The summed E-state index contributed by atoms with van der Waals surface area (Å²) >= 11 is 0. The summed E-state index contributed by atoms with van der Waals surface area (Å²) in [5, 5.41) is 4.24. The predicted molar refractivity (Wildman–Crippen MR) is 178 cm³/mol. The van der Waals surface area contributed by atoms with Crippen molar-refractivity contribution in [3.8, 4) is 22.5 Å². The van der Waals surface area contributed by atoms with Gasteiger partial charge in [0.2, 0.25) is 0 Å². The maximum absolute atomic E-state index is 13.9. The topological polar surface area (TPSA) is 31.3 Å². The van der Waals surface area contributed by atoms with Crippen LogP contribution in [0.5, 0.6) is 0 Å². The van der Waals surface area contributed by atoms with E-state index in [2.05, 4.69) is 124 Å². The minimum atomic E-state index is -0.0196. The molecule has 0 bridgehead atoms. The Hall–Kier alpha value is -5.87. The second kappa shape index (κ2) is 9.07. The quantitative estimate of drug-likeness (QED) is 0.215. The SMILES string of the molecule is O=c1c2ccccc2n2c3ccccc3cc2n1-c1ccc(-c2ccc3c(c2)c2ccccc2n3-c2ccccc2)cc1. The van der Waals surface area contributed by atoms with E-state index in [4.69, 9.17) is 0 Å². The van der Waals surface area contributed by atoms with E-state index in [0.29, 0.717) is 5.39 Å². The van der Waals surface area contributed by atoms with Crippen LogP contribution in [0.2, 0.25) is 0 Å². The molecule has 6 aromatic carbocycles. The summed E-state index contributed by atoms with van der Waals surface area (Å²) in [4.78, 5) is 13.9. The maximum Gasteiger partial charge on any atom is 0.266 e. The number of nitrogens with zero attached hydrogens (tertiary/aromatic N) is 3. The Morgan fingerprint density at radius 1 is 0.395 bits per heavy atom. The van der Waals surface area contributed by atoms with Gasteiger partial charge in [-0.15, -0.1) is 0 Å². The lowest BCUT2D eigenvalue weighted by atomic mass is 10.0. The molecule has 0 aliphatic heterocycles. The molecule has 202 valence electrons. The Morgan fingerprint density at radius 2 is 1.00 bits per heavy atom. The van der Waals surface area contributed by atoms with Gasteiger partial charge >= 0.3 is 0 Å². The van der Waals surface area contributed by atoms with Crippen LogP contribution in [-0.4, -0.2) is 13.5 Å². The monoisotopic (exact) mass is 551 g/mol. The molecule has 3 aromatic heterocycles. The van der Waals surface area contributed by atoms with Gasteiger partial charge in [-0.05, 0) is 77.9 Å². The Morgan fingerprint density at radius 3 is 1.81 bits per heavy atom. The van der Waals surface area contributed by atoms with Crippen LogP contribution >= 0.6 is 0 Å². The van der Waals surface area contributed by atoms with Crippen LogP contribution < -0.4 is 5.56 Å². The Labute approximate surface area is 246 Å². The van der Waals surface area contributed by atoms with Crippen molar-refractivity contribution in [1.82, 2.24) is 13.5 Å². The first kappa shape index (κ1) is 23.8. The van der Waals surface area contributed by atoms with E-state index >= 15 is 0 Å². The van der Waals surface area contributed by atoms with Crippen LogP contribution in [0.15, 0.2) is 156 Å². The Balaban J connectivity index is 1.22. The highest BCUT2D eigenvalue weighted by atomic mass is 16.1. The van der Waals surface area contributed by atoms with E-state index < -0.39 is 0 Å². The summed E-state index contributed by atoms with van der Waals surface area (Å²) in [6.45, 7) is 0. The van der Waals surface area contributed by atoms with Crippen molar-refractivity contribution in [2.45, 2.75) is 0 Å². The number of para-hydroxylation sites is 4. The molecule has 3 heterocycles. The number of benzene rings is 6. The zero-order chi connectivity index (χ0) is 28.5. The second-order valence-corrected chi connectivity index (χ2v) is 11.0. The van der Waals surface area contributed by atoms with Gasteiger partial charge in [0.15, 0.2) is 0 Å². The Kier molecular flexibility index (Phi) is 5.02. The van der Waals surface area contributed by atoms with Crippen molar-refractivity contribution in [2.24, 2.45) is 0 Å². The highest BCUT2D eigenvalue weighted by Gasteiger charge is 2.16. The molecule has 0 aliphatic carbocycles. The molecule has 4 nitrogen and oxygen atoms in total. The lowest BCUT2D eigenvalue weighted by Crippen LogP contribution is -2.21. The van der Waals surface area contributed by atoms with Gasteiger partial charge < -0.3 is 4.57 Å². The summed E-state index contributed by atoms with van der Waals surface area (Å²) in [7, 11) is 0. The van der Waals surface area contributed by atoms with E-state index in [1.165, 1.54) is 21.8 Å². The summed E-state index contributed by atoms with van der Waals surface area (Å²) in [6.07, 6.45) is 0. The molecular weight excluding hydrogens is 526 g/mol. The van der Waals surface area contributed by atoms with Crippen LogP contribution in [0.25, 0.3) is 71.8 Å². The molecule has 0 amide bonds. The zero-order valence-corrected chi connectivity index (χ0v) is 23.2. The van der Waals surface area contributed by atoms with Gasteiger partial charge in [-0.3, -0.25) is 13.8 Å². The van der Waals surface area contributed by atoms with Gasteiger partial charge in [0.25, 0.3) is 5.56 Å². The average Bonchev–Trinajstić information content (AvgIpc) is 3.61. The summed E-state index contributed by atoms with van der Waals surface area (Å²) in [5.74, 6) is 0. The van der Waals surface area contributed by atoms with E-state index in [0.717, 1.165) is 44.6 Å². The fourth-order valence-corrected chi connectivity index (χ4v) is 6.69. The number of hydrogen-bond acceptors (Lipinski definition) is 1. The van der Waals surface area contributed by atoms with Gasteiger partial charge in [-0.2, -0.15) is 0 Å². The number of fused-ring (bicyclic) bond motifs is 8. The second-order valence-electron chi connectivity index (χ2n) is 11.0. The first-order valence-electron chi connectivity index (χ1n) is 14.5. The molecule has 0 atom stereocenters. The summed E-state index contributed by atoms with van der Waals surface area (Å²) < 4.78 is 6.36. The molecule has 0 aliphatic rings. The van der Waals surface area contributed by atoms with Gasteiger partial charge in [0, 0.05) is 21.8 Å². The van der Waals surface area contributed by atoms with Gasteiger partial charge in [0.05, 0.1) is 33.1 Å². The Bertz CT molecular complexity index is 2570. The fraction of sp³-hybridized carbons (Fsp3) is 0. The minimum absolute atomic E-state index is 0.0196. The maximum atomic E-state index is 13.9. The molecule has 9 aromatic rings. The lowest BCUT2D eigenvalue weighted by molar-refractivity contribution is 1.01. The standard InChI is InChI=1S/C39H25N3O/c43-39-32-14-6-9-17-36(32)42-34-15-7-4-10-28(34)25-38(42)41(39)30-21-18-26(19-22-30)27-20-23-37-33(24-27)31-13-5-8-16-35(31)40(37)29-11-2-1-3-12-29/h1-25H. The minimum Gasteiger partial charge on any atom is -0.309 e. The van der Waals surface area contributed by atoms with Crippen molar-refractivity contribution in [1.29, 1.82) is 0 Å². The third kappa shape index (κ3) is 3.47. The third-order valence-electron chi connectivity index (χ3n) is 8.64. The van der Waals surface area contributed by atoms with E-state index in [1.54, 1.807) is 0 Å². The van der Waals surface area contributed by atoms with Gasteiger partial charge in [-0.1, -0.05) is 84.9 Å². The first-order valence-corrected chi connectivity index (χ1v) is 14.5. The molecule has 4 heteroatoms. The van der Waals surface area contributed by atoms with E-state index in [-0.39, 0.29) is 5.56 Å². The van der Waals surface area contributed by atoms with Crippen LogP contribution in [0.3, 0.4) is 0 Å². The van der Waals surface area contributed by atoms with Crippen LogP contribution in [-0.2, 0) is 0 Å². The fourth-order valence-electron chi connectivity index (χ4n) is 6.69. The molecular formula is C39H25N3O. The van der Waals surface area contributed by atoms with Gasteiger partial charge in [0.1, 0.15) is 5.65 Å². The molecule has 0 spiro atoms. The molecule has 9 rings (SSSR count). The van der Waals surface area contributed by atoms with E-state index in [9.17, 15) is 4.79 Å². The number of hydrogen-bond donors (Lipinski definition) is 0. The highest BCUT2D eigenvalue weighted by molar-refractivity contribution is 6.10. The molecule has 0 saturated carbocycles. The molecule has 0 fully saturated rings. The van der Waals surface area contributed by atoms with Crippen LogP contribution in [0.4, 0.5) is 0 Å². The number of rotatable bonds is 3. The highest BCUT2D eigenvalue weighted by Crippen LogP contribution is 2.35. The molecule has 0 unspecified atom stereocenters. The van der Waals surface area contributed by atoms with Crippen molar-refractivity contribution in [3.05, 3.63) is 162 Å². The smallest absolute Gasteiger partial charge is 0.266 e. The molecule has 0 saturated heterocycles. The summed E-state index contributed by atoms with van der Waals surface area (Å²) in [5.41, 5.74) is 9.44. The van der Waals surface area contributed by atoms with Crippen molar-refractivity contribution in [3.63, 3.8) is 0 Å². The van der Waals surface area contributed by atoms with Crippen LogP contribution in [0, 0.1) is 0 Å².